The third kappa shape index (κ3) is 14.7. The van der Waals surface area contributed by atoms with E-state index in [0.29, 0.717) is 36.3 Å². The van der Waals surface area contributed by atoms with E-state index >= 15 is 0 Å². The molecule has 614 valence electrons. The summed E-state index contributed by atoms with van der Waals surface area (Å²) in [6, 6.07) is 34.0. The number of aromatic nitrogens is 9. The molecule has 8 aliphatic rings. The average Bonchev–Trinajstić information content (AvgIpc) is 1.55. The highest BCUT2D eigenvalue weighted by atomic mass is 16.5. The molecular weight excluding hydrogens is 1450 g/mol. The van der Waals surface area contributed by atoms with Crippen molar-refractivity contribution in [1.82, 2.24) is 43.4 Å². The van der Waals surface area contributed by atoms with Gasteiger partial charge in [-0.15, -0.1) is 0 Å². The number of hydrogen-bond acceptors (Lipinski definition) is 14. The molecule has 1 fully saturated rings. The van der Waals surface area contributed by atoms with Crippen LogP contribution in [0.2, 0.25) is 0 Å². The summed E-state index contributed by atoms with van der Waals surface area (Å²) >= 11 is 0. The van der Waals surface area contributed by atoms with Crippen molar-refractivity contribution >= 4 is 17.9 Å². The van der Waals surface area contributed by atoms with Crippen LogP contribution in [0.25, 0.3) is 32.4 Å². The van der Waals surface area contributed by atoms with Gasteiger partial charge in [-0.25, -0.2) is 29.6 Å². The van der Waals surface area contributed by atoms with Gasteiger partial charge in [0.1, 0.15) is 41.1 Å². The molecule has 0 aliphatic heterocycles. The molecule has 1 unspecified atom stereocenters. The molecule has 4 aromatic carbocycles. The standard InChI is InChI=1S/2C24H29N3O2.C24H27N3O2.C24H30N2O3.3H2/c1-15-20-9-10-21-23(24(20,3)13-18-14-25-29-22(15)18)26-16(2)27(21)19-8-4-6-17(12-19)7-5-11-28;2*1-15-19-10-11-21-23(24(19,3)14-20(25-4)22(15)29)26-16(2)27(21)18-9-5-7-17(13-18)8-6-12-28;1-15-20-9-10-21-23(24(20,3)13-18(14-28)22(15)29)25-16(2)26(21)19-8-4-6-17(12-19)7-5-11-27;;;/h4,6,8,12,14-15,20,28H,5,7,9-11,13H2,1-3H3;5,7,9,13,15,19,28-29H,6,8,10-12,14H2,1-3H3;5,7,9,13-15,19,28H,6,8,10-12H2,1-3H3;4,6,8,12,14-15,18,20,27H,5,7,9-11,13H2,1-3H3;3*1H/t15-,20-,24-;2*15-,19-,24-;15-,18?,20-,24-;;;/m0000.../s1/i;;;;3*1+2T. The first kappa shape index (κ1) is 78.6. The summed E-state index contributed by atoms with van der Waals surface area (Å²) in [5.74, 6) is 6.10. The van der Waals surface area contributed by atoms with Crippen LogP contribution in [0.4, 0.5) is 0 Å². The predicted molar refractivity (Wildman–Crippen MR) is 454 cm³/mol. The molecule has 0 amide bonds. The molecule has 0 bridgehead atoms. The first-order valence-electron chi connectivity index (χ1n) is 45.3. The summed E-state index contributed by atoms with van der Waals surface area (Å²) in [5, 5.41) is 51.2. The fourth-order valence-corrected chi connectivity index (χ4v) is 22.5. The predicted octanol–water partition coefficient (Wildman–Crippen LogP) is 17.0. The highest BCUT2D eigenvalue weighted by molar-refractivity contribution is 6.00. The van der Waals surface area contributed by atoms with Gasteiger partial charge in [0.25, 0.3) is 0 Å². The minimum absolute atomic E-state index is 0.00998. The van der Waals surface area contributed by atoms with Gasteiger partial charge in [-0.2, -0.15) is 0 Å². The molecule has 5 aromatic heterocycles. The van der Waals surface area contributed by atoms with Gasteiger partial charge in [-0.3, -0.25) is 4.79 Å². The second-order valence-corrected chi connectivity index (χ2v) is 35.3. The van der Waals surface area contributed by atoms with E-state index in [1.807, 2.05) is 53.8 Å². The van der Waals surface area contributed by atoms with Crippen LogP contribution in [0.15, 0.2) is 131 Å². The average molecular weight is 1590 g/mol. The third-order valence-corrected chi connectivity index (χ3v) is 28.2. The van der Waals surface area contributed by atoms with Crippen molar-refractivity contribution in [2.45, 2.75) is 233 Å². The van der Waals surface area contributed by atoms with E-state index in [1.54, 1.807) is 0 Å². The summed E-state index contributed by atoms with van der Waals surface area (Å²) in [4.78, 5) is 64.1. The number of aliphatic hydroxyl groups excluding tert-OH is 5. The molecule has 13 atom stereocenters. The van der Waals surface area contributed by atoms with Crippen molar-refractivity contribution in [3.63, 3.8) is 0 Å². The van der Waals surface area contributed by atoms with E-state index in [4.69, 9.17) is 61.8 Å². The number of carbonyl (C=O) groups excluding carboxylic acids is 3. The number of benzene rings is 4. The van der Waals surface area contributed by atoms with E-state index in [2.05, 4.69) is 172 Å². The molecule has 0 saturated heterocycles. The first-order valence-corrected chi connectivity index (χ1v) is 42.3. The lowest BCUT2D eigenvalue weighted by Crippen LogP contribution is -2.51. The molecule has 9 aromatic rings. The summed E-state index contributed by atoms with van der Waals surface area (Å²) < 4.78 is 44.7. The fraction of sp³-hybridized carbons (Fsp3) is 0.500. The zero-order valence-corrected chi connectivity index (χ0v) is 69.7. The van der Waals surface area contributed by atoms with Crippen LogP contribution in [0, 0.1) is 88.2 Å². The second-order valence-electron chi connectivity index (χ2n) is 35.3. The van der Waals surface area contributed by atoms with Crippen LogP contribution < -0.4 is 0 Å². The Bertz CT molecular complexity index is 5400. The summed E-state index contributed by atoms with van der Waals surface area (Å²) in [6.07, 6.45) is 20.9. The minimum atomic E-state index is -0.524. The van der Waals surface area contributed by atoms with Crippen LogP contribution >= 0.6 is 0 Å². The molecular formula is C96H121N11O9. The fourth-order valence-electron chi connectivity index (χ4n) is 22.5. The lowest BCUT2D eigenvalue weighted by Gasteiger charge is -2.48. The number of ketones is 2. The van der Waals surface area contributed by atoms with Crippen LogP contribution in [0.1, 0.15) is 237 Å². The zero-order chi connectivity index (χ0) is 88.4. The lowest BCUT2D eigenvalue weighted by molar-refractivity contribution is -0.138. The maximum absolute atomic E-state index is 12.6. The molecule has 1 saturated carbocycles. The number of nitrogens with zero attached hydrogens (tertiary/aromatic N) is 11. The van der Waals surface area contributed by atoms with E-state index in [-0.39, 0.29) is 95.3 Å². The van der Waals surface area contributed by atoms with E-state index in [9.17, 15) is 24.6 Å². The molecule has 5 N–H and O–H groups in total. The number of hydrogen-bond donors (Lipinski definition) is 5. The van der Waals surface area contributed by atoms with E-state index in [0.717, 1.165) is 179 Å². The van der Waals surface area contributed by atoms with Crippen LogP contribution in [-0.2, 0) is 93.8 Å². The van der Waals surface area contributed by atoms with Crippen molar-refractivity contribution in [2.24, 2.45) is 47.3 Å². The summed E-state index contributed by atoms with van der Waals surface area (Å²) in [7, 11) is 0. The van der Waals surface area contributed by atoms with Crippen LogP contribution in [0.5, 0.6) is 0 Å². The van der Waals surface area contributed by atoms with Gasteiger partial charge >= 0.3 is 0 Å². The Balaban J connectivity index is 0.000000155. The maximum atomic E-state index is 12.6. The Morgan fingerprint density at radius 2 is 0.897 bits per heavy atom. The molecule has 0 spiro atoms. The molecule has 116 heavy (non-hydrogen) atoms. The maximum Gasteiger partial charge on any atom is 0.226 e. The van der Waals surface area contributed by atoms with Crippen molar-refractivity contribution < 1.29 is 53.3 Å². The number of carbonyl (C=O) groups is 3. The molecule has 20 nitrogen and oxygen atoms in total. The minimum Gasteiger partial charge on any atom is -0.523 e. The molecule has 20 heteroatoms. The van der Waals surface area contributed by atoms with E-state index in [1.165, 1.54) is 62.0 Å². The van der Waals surface area contributed by atoms with Gasteiger partial charge in [0.15, 0.2) is 5.78 Å². The molecule has 0 radical (unpaired) electrons. The van der Waals surface area contributed by atoms with Gasteiger partial charge in [0.2, 0.25) is 11.4 Å². The molecule has 8 aliphatic carbocycles. The number of Topliss-reactive ketones (excluding diaryl/α,β-unsaturated/α-hetero) is 2. The number of aliphatic hydroxyl groups is 5. The van der Waals surface area contributed by atoms with Crippen molar-refractivity contribution in [3.8, 4) is 22.7 Å². The number of rotatable bonds is 17. The SMILES string of the molecule is Cc1nc2c(n1-c1cccc(CCCO)c1)CC[C@H]1[C@H](C)C(=O)C(C=O)C[C@]21C.Cc1nc2c(n1-c1cccc(CCCO)c1)CC[C@H]1[C@H](C)c3oncc3C[C@]21C.[3H][3H].[3H][3H].[3H][3H].[C-]#[N+]C1=C(O)[C@@H](C)[C@@H]2CCc3c(nc(C)n3-c3cccc(CCCO)c3)[C@@]2(C)C1.[C-]#[N+]C1=C[C@]2(C)c3nc(C)n(-c4cccc(CCCO)c4)c3CC[C@H]2[C@H](C)C1=O. The number of aryl methyl sites for hydroxylation is 8. The lowest BCUT2D eigenvalue weighted by atomic mass is 9.54. The quantitative estimate of drug-likeness (QED) is 0.0323. The summed E-state index contributed by atoms with van der Waals surface area (Å²) in [6.45, 7) is 41.2. The smallest absolute Gasteiger partial charge is 0.226 e. The van der Waals surface area contributed by atoms with Crippen molar-refractivity contribution in [2.75, 3.05) is 26.4 Å². The number of allylic oxidation sites excluding steroid dienone is 4. The van der Waals surface area contributed by atoms with Gasteiger partial charge in [0.05, 0.1) is 53.8 Å². The second kappa shape index (κ2) is 33.6. The topological polar surface area (TPSA) is 258 Å². The Morgan fingerprint density at radius 3 is 1.30 bits per heavy atom. The number of imidazole rings is 4. The normalized spacial score (nSPS) is 26.7. The van der Waals surface area contributed by atoms with Gasteiger partial charge in [-0.1, -0.05) is 115 Å². The third-order valence-electron chi connectivity index (χ3n) is 28.2. The summed E-state index contributed by atoms with van der Waals surface area (Å²) in [5.41, 5.74) is 19.9. The molecule has 5 heterocycles. The van der Waals surface area contributed by atoms with E-state index < -0.39 is 11.3 Å². The van der Waals surface area contributed by atoms with Gasteiger partial charge in [0, 0.05) is 132 Å². The Labute approximate surface area is 692 Å². The first-order chi connectivity index (χ1) is 58.7. The monoisotopic (exact) mass is 1580 g/mol. The Morgan fingerprint density at radius 1 is 0.517 bits per heavy atom. The van der Waals surface area contributed by atoms with Crippen molar-refractivity contribution in [1.29, 1.82) is 0 Å². The number of aldehydes is 1. The van der Waals surface area contributed by atoms with Gasteiger partial charge in [-0.05, 0) is 244 Å². The van der Waals surface area contributed by atoms with Crippen LogP contribution in [-0.4, -0.2) is 113 Å². The van der Waals surface area contributed by atoms with Crippen LogP contribution in [0.3, 0.4) is 0 Å². The zero-order valence-electron chi connectivity index (χ0n) is 75.7. The highest BCUT2D eigenvalue weighted by Gasteiger charge is 2.56. The highest BCUT2D eigenvalue weighted by Crippen LogP contribution is 2.57. The van der Waals surface area contributed by atoms with Crippen molar-refractivity contribution in [3.05, 3.63) is 252 Å². The number of fused-ring (bicyclic) bond motifs is 13. The molecule has 17 rings (SSSR count). The Kier molecular flexibility index (Phi) is 22.7. The Hall–Kier alpha value is -9.96. The largest absolute Gasteiger partial charge is 0.523 e. The van der Waals surface area contributed by atoms with Gasteiger partial charge < -0.3 is 57.9 Å².